The second-order valence-electron chi connectivity index (χ2n) is 9.52. The van der Waals surface area contributed by atoms with E-state index < -0.39 is 38.4 Å². The summed E-state index contributed by atoms with van der Waals surface area (Å²) in [5.41, 5.74) is -1.09. The molecule has 1 N–H and O–H groups in total. The number of hydrogen-bond acceptors (Lipinski definition) is 4. The molecule has 2 aliphatic heterocycles. The maximum absolute atomic E-state index is 13.4. The Bertz CT molecular complexity index is 1210. The average molecular weight is 528 g/mol. The molecule has 2 aliphatic rings. The molecule has 0 aliphatic carbocycles. The van der Waals surface area contributed by atoms with Crippen molar-refractivity contribution < 1.29 is 30.8 Å². The van der Waals surface area contributed by atoms with Gasteiger partial charge < -0.3 is 4.90 Å². The molecule has 0 aromatic heterocycles. The number of hydrogen-bond donors (Lipinski definition) is 1. The lowest BCUT2D eigenvalue weighted by Gasteiger charge is -2.44. The third-order valence-corrected chi connectivity index (χ3v) is 9.18. The predicted octanol–water partition coefficient (Wildman–Crippen LogP) is 4.37. The fourth-order valence-electron chi connectivity index (χ4n) is 4.92. The molecule has 0 saturated carbocycles. The van der Waals surface area contributed by atoms with Gasteiger partial charge in [0.25, 0.3) is 0 Å². The Hall–Kier alpha value is -2.50. The van der Waals surface area contributed by atoms with Crippen LogP contribution in [0, 0.1) is 11.7 Å². The monoisotopic (exact) mass is 527 g/mol. The number of amides is 1. The number of nitrogens with zero attached hydrogens (tertiary/aromatic N) is 2. The molecule has 0 radical (unpaired) electrons. The van der Waals surface area contributed by atoms with Gasteiger partial charge in [0.1, 0.15) is 5.82 Å². The third-order valence-electron chi connectivity index (χ3n) is 7.29. The van der Waals surface area contributed by atoms with E-state index in [1.165, 1.54) is 16.4 Å². The number of halogens is 4. The first kappa shape index (κ1) is 26.6. The number of carbonyl (C=O) groups is 1. The SMILES string of the molecule is CCC(C)C1NC2(CCN(S(=O)(=O)c3cccc(C(F)(F)F)c3)CC2)N(Cc2ccc(F)cc2)C1=O. The number of alkyl halides is 3. The van der Waals surface area contributed by atoms with E-state index in [1.54, 1.807) is 17.0 Å². The van der Waals surface area contributed by atoms with Gasteiger partial charge in [-0.15, -0.1) is 0 Å². The largest absolute Gasteiger partial charge is 0.416 e. The highest BCUT2D eigenvalue weighted by Gasteiger charge is 2.53. The minimum Gasteiger partial charge on any atom is -0.319 e. The zero-order valence-corrected chi connectivity index (χ0v) is 20.9. The van der Waals surface area contributed by atoms with Crippen LogP contribution in [0.4, 0.5) is 17.6 Å². The minimum absolute atomic E-state index is 0.0337. The van der Waals surface area contributed by atoms with Gasteiger partial charge in [-0.05, 0) is 54.7 Å². The van der Waals surface area contributed by atoms with Crippen molar-refractivity contribution in [2.45, 2.75) is 62.4 Å². The highest BCUT2D eigenvalue weighted by Crippen LogP contribution is 2.38. The van der Waals surface area contributed by atoms with E-state index in [9.17, 15) is 30.8 Å². The first-order chi connectivity index (χ1) is 16.9. The fraction of sp³-hybridized carbons (Fsp3) is 0.480. The predicted molar refractivity (Wildman–Crippen MR) is 125 cm³/mol. The summed E-state index contributed by atoms with van der Waals surface area (Å²) in [4.78, 5) is 14.7. The van der Waals surface area contributed by atoms with Gasteiger partial charge in [0.2, 0.25) is 15.9 Å². The van der Waals surface area contributed by atoms with Crippen LogP contribution >= 0.6 is 0 Å². The van der Waals surface area contributed by atoms with Gasteiger partial charge >= 0.3 is 6.18 Å². The standard InChI is InChI=1S/C25H29F4N3O3S/c1-3-17(2)22-23(33)32(16-18-7-9-20(26)10-8-18)24(30-22)11-13-31(14-12-24)36(34,35)21-6-4-5-19(15-21)25(27,28)29/h4-10,15,17,22,30H,3,11-14,16H2,1-2H3. The van der Waals surface area contributed by atoms with Crippen molar-refractivity contribution in [2.75, 3.05) is 13.1 Å². The molecule has 2 unspecified atom stereocenters. The quantitative estimate of drug-likeness (QED) is 0.567. The molecule has 2 heterocycles. The lowest BCUT2D eigenvalue weighted by molar-refractivity contribution is -0.137. The van der Waals surface area contributed by atoms with Crippen molar-refractivity contribution in [3.63, 3.8) is 0 Å². The van der Waals surface area contributed by atoms with Crippen LogP contribution in [0.2, 0.25) is 0 Å². The molecule has 36 heavy (non-hydrogen) atoms. The van der Waals surface area contributed by atoms with E-state index >= 15 is 0 Å². The second kappa shape index (κ2) is 9.75. The van der Waals surface area contributed by atoms with Crippen LogP contribution in [0.5, 0.6) is 0 Å². The van der Waals surface area contributed by atoms with Crippen molar-refractivity contribution in [2.24, 2.45) is 5.92 Å². The smallest absolute Gasteiger partial charge is 0.319 e. The summed E-state index contributed by atoms with van der Waals surface area (Å²) in [6.07, 6.45) is -3.35. The summed E-state index contributed by atoms with van der Waals surface area (Å²) < 4.78 is 80.3. The molecule has 0 bridgehead atoms. The molecule has 2 atom stereocenters. The van der Waals surface area contributed by atoms with E-state index in [0.29, 0.717) is 6.07 Å². The van der Waals surface area contributed by atoms with Crippen LogP contribution in [0.15, 0.2) is 53.4 Å². The van der Waals surface area contributed by atoms with Crippen LogP contribution in [-0.4, -0.2) is 48.3 Å². The molecular weight excluding hydrogens is 498 g/mol. The molecular formula is C25H29F4N3O3S. The maximum atomic E-state index is 13.4. The van der Waals surface area contributed by atoms with Gasteiger partial charge in [0.05, 0.1) is 22.2 Å². The normalized spacial score (nSPS) is 21.8. The zero-order valence-electron chi connectivity index (χ0n) is 20.1. The Kier molecular flexibility index (Phi) is 7.20. The first-order valence-corrected chi connectivity index (χ1v) is 13.3. The summed E-state index contributed by atoms with van der Waals surface area (Å²) in [7, 11) is -4.16. The van der Waals surface area contributed by atoms with E-state index in [-0.39, 0.29) is 50.1 Å². The molecule has 6 nitrogen and oxygen atoms in total. The van der Waals surface area contributed by atoms with Crippen molar-refractivity contribution in [1.82, 2.24) is 14.5 Å². The Morgan fingerprint density at radius 3 is 2.33 bits per heavy atom. The number of carbonyl (C=O) groups excluding carboxylic acids is 1. The van der Waals surface area contributed by atoms with Crippen molar-refractivity contribution in [1.29, 1.82) is 0 Å². The Labute approximate surface area is 208 Å². The van der Waals surface area contributed by atoms with Crippen molar-refractivity contribution in [3.05, 3.63) is 65.5 Å². The van der Waals surface area contributed by atoms with Gasteiger partial charge in [0, 0.05) is 19.6 Å². The molecule has 2 aromatic rings. The van der Waals surface area contributed by atoms with Crippen LogP contribution < -0.4 is 5.32 Å². The van der Waals surface area contributed by atoms with E-state index in [4.69, 9.17) is 0 Å². The third kappa shape index (κ3) is 5.01. The molecule has 4 rings (SSSR count). The number of sulfonamides is 1. The van der Waals surface area contributed by atoms with Crippen molar-refractivity contribution >= 4 is 15.9 Å². The van der Waals surface area contributed by atoms with Gasteiger partial charge in [-0.1, -0.05) is 38.5 Å². The van der Waals surface area contributed by atoms with Crippen LogP contribution in [0.3, 0.4) is 0 Å². The van der Waals surface area contributed by atoms with Crippen LogP contribution in [-0.2, 0) is 27.5 Å². The van der Waals surface area contributed by atoms with E-state index in [0.717, 1.165) is 30.2 Å². The van der Waals surface area contributed by atoms with Crippen LogP contribution in [0.25, 0.3) is 0 Å². The van der Waals surface area contributed by atoms with Gasteiger partial charge in [-0.3, -0.25) is 10.1 Å². The number of benzene rings is 2. The summed E-state index contributed by atoms with van der Waals surface area (Å²) >= 11 is 0. The number of piperidine rings is 1. The lowest BCUT2D eigenvalue weighted by atomic mass is 9.96. The topological polar surface area (TPSA) is 69.7 Å². The zero-order chi connectivity index (χ0) is 26.3. The van der Waals surface area contributed by atoms with Gasteiger partial charge in [0.15, 0.2) is 0 Å². The molecule has 196 valence electrons. The van der Waals surface area contributed by atoms with Crippen molar-refractivity contribution in [3.8, 4) is 0 Å². The number of nitrogens with one attached hydrogen (secondary N) is 1. The molecule has 1 spiro atoms. The molecule has 11 heteroatoms. The van der Waals surface area contributed by atoms with E-state index in [2.05, 4.69) is 5.32 Å². The van der Waals surface area contributed by atoms with E-state index in [1.807, 2.05) is 13.8 Å². The highest BCUT2D eigenvalue weighted by atomic mass is 32.2. The first-order valence-electron chi connectivity index (χ1n) is 11.9. The molecule has 2 fully saturated rings. The van der Waals surface area contributed by atoms with Crippen LogP contribution in [0.1, 0.15) is 44.2 Å². The second-order valence-corrected chi connectivity index (χ2v) is 11.5. The molecule has 2 aromatic carbocycles. The average Bonchev–Trinajstić information content (AvgIpc) is 3.11. The summed E-state index contributed by atoms with van der Waals surface area (Å²) in [5, 5.41) is 3.46. The maximum Gasteiger partial charge on any atom is 0.416 e. The minimum atomic E-state index is -4.66. The molecule has 1 amide bonds. The van der Waals surface area contributed by atoms with Gasteiger partial charge in [-0.25, -0.2) is 12.8 Å². The molecule has 2 saturated heterocycles. The Morgan fingerprint density at radius 1 is 1.11 bits per heavy atom. The summed E-state index contributed by atoms with van der Waals surface area (Å²) in [5.74, 6) is -0.438. The lowest BCUT2D eigenvalue weighted by Crippen LogP contribution is -2.59. The number of rotatable bonds is 6. The summed E-state index contributed by atoms with van der Waals surface area (Å²) in [6, 6.07) is 9.16. The fourth-order valence-corrected chi connectivity index (χ4v) is 6.41. The highest BCUT2D eigenvalue weighted by molar-refractivity contribution is 7.89. The Balaban J connectivity index is 1.58. The van der Waals surface area contributed by atoms with Gasteiger partial charge in [-0.2, -0.15) is 17.5 Å². The Morgan fingerprint density at radius 2 is 1.75 bits per heavy atom. The summed E-state index contributed by atoms with van der Waals surface area (Å²) in [6.45, 7) is 4.26.